The quantitative estimate of drug-likeness (QED) is 0.367. The monoisotopic (exact) mass is 503 g/mol. The van der Waals surface area contributed by atoms with Crippen molar-refractivity contribution in [1.29, 1.82) is 0 Å². The van der Waals surface area contributed by atoms with Gasteiger partial charge in [0.05, 0.1) is 0 Å². The Kier molecular flexibility index (Phi) is 12.2. The van der Waals surface area contributed by atoms with Crippen molar-refractivity contribution in [3.8, 4) is 0 Å². The standard InChI is InChI=1S/2C7H12N2O2.Pt/c2*10-8-6-4-2-1-3-5-7(6)9-11;/h2*10-11H,1-5H2;/p-4. The molecule has 0 spiro atoms. The summed E-state index contributed by atoms with van der Waals surface area (Å²) >= 11 is 0. The molecule has 0 saturated heterocycles. The van der Waals surface area contributed by atoms with E-state index in [9.17, 15) is 20.8 Å². The number of rotatable bonds is 0. The molecule has 2 aliphatic rings. The van der Waals surface area contributed by atoms with Gasteiger partial charge in [0.15, 0.2) is 0 Å². The molecule has 23 heavy (non-hydrogen) atoms. The van der Waals surface area contributed by atoms with Crippen molar-refractivity contribution in [2.45, 2.75) is 64.2 Å². The normalized spacial score (nSPS) is 26.1. The van der Waals surface area contributed by atoms with Gasteiger partial charge in [-0.1, -0.05) is 12.8 Å². The molecular weight excluding hydrogens is 483 g/mol. The maximum atomic E-state index is 10.2. The fourth-order valence-corrected chi connectivity index (χ4v) is 2.49. The second-order valence-electron chi connectivity index (χ2n) is 5.27. The molecule has 0 N–H and O–H groups in total. The molecule has 9 heteroatoms. The molecule has 0 aromatic rings. The van der Waals surface area contributed by atoms with Gasteiger partial charge < -0.3 is 41.5 Å². The van der Waals surface area contributed by atoms with Crippen molar-refractivity contribution in [1.82, 2.24) is 0 Å². The van der Waals surface area contributed by atoms with Crippen molar-refractivity contribution < 1.29 is 21.1 Å². The van der Waals surface area contributed by atoms with Crippen LogP contribution in [-0.4, -0.2) is 22.8 Å². The predicted octanol–water partition coefficient (Wildman–Crippen LogP) is 3.65. The first-order chi connectivity index (χ1) is 10.8. The Hall–Kier alpha value is -1.43. The Balaban J connectivity index is 0.000000403. The van der Waals surface area contributed by atoms with Gasteiger partial charge in [-0.3, -0.25) is 0 Å². The second-order valence-corrected chi connectivity index (χ2v) is 5.27. The van der Waals surface area contributed by atoms with Gasteiger partial charge in [-0.15, -0.1) is 0 Å². The average Bonchev–Trinajstić information content (AvgIpc) is 2.94. The minimum atomic E-state index is 0. The summed E-state index contributed by atoms with van der Waals surface area (Å²) in [4.78, 5) is 0. The third-order valence-corrected chi connectivity index (χ3v) is 3.76. The minimum absolute atomic E-state index is 0. The van der Waals surface area contributed by atoms with Crippen LogP contribution >= 0.6 is 0 Å². The van der Waals surface area contributed by atoms with Gasteiger partial charge in [-0.2, -0.15) is 0 Å². The predicted molar refractivity (Wildman–Crippen MR) is 89.4 cm³/mol. The average molecular weight is 503 g/mol. The van der Waals surface area contributed by atoms with E-state index in [0.717, 1.165) is 38.5 Å². The summed E-state index contributed by atoms with van der Waals surface area (Å²) in [6.45, 7) is 0. The zero-order valence-electron chi connectivity index (χ0n) is 12.8. The van der Waals surface area contributed by atoms with Gasteiger partial charge in [-0.05, 0) is 51.4 Å². The van der Waals surface area contributed by atoms with Gasteiger partial charge in [0, 0.05) is 43.9 Å². The van der Waals surface area contributed by atoms with Gasteiger partial charge >= 0.3 is 0 Å². The summed E-state index contributed by atoms with van der Waals surface area (Å²) in [6.07, 6.45) is 8.35. The Morgan fingerprint density at radius 3 is 0.826 bits per heavy atom. The Morgan fingerprint density at radius 2 is 0.652 bits per heavy atom. The summed E-state index contributed by atoms with van der Waals surface area (Å²) in [5, 5.41) is 51.9. The van der Waals surface area contributed by atoms with Crippen LogP contribution in [0.2, 0.25) is 0 Å². The molecular formula is C14H20N4O4Pt-4. The van der Waals surface area contributed by atoms with Crippen molar-refractivity contribution in [2.75, 3.05) is 0 Å². The van der Waals surface area contributed by atoms with Gasteiger partial charge in [0.1, 0.15) is 0 Å². The third kappa shape index (κ3) is 7.59. The molecule has 0 unspecified atom stereocenters. The van der Waals surface area contributed by atoms with E-state index in [1.807, 2.05) is 0 Å². The molecule has 0 heterocycles. The van der Waals surface area contributed by atoms with E-state index in [4.69, 9.17) is 0 Å². The molecule has 0 radical (unpaired) electrons. The fraction of sp³-hybridized carbons (Fsp3) is 0.714. The zero-order chi connectivity index (χ0) is 16.2. The van der Waals surface area contributed by atoms with Crippen LogP contribution in [0.1, 0.15) is 64.2 Å². The van der Waals surface area contributed by atoms with Gasteiger partial charge in [0.25, 0.3) is 0 Å². The molecule has 8 nitrogen and oxygen atoms in total. The van der Waals surface area contributed by atoms with E-state index in [1.54, 1.807) is 0 Å². The first-order valence-corrected chi connectivity index (χ1v) is 7.54. The van der Waals surface area contributed by atoms with E-state index < -0.39 is 0 Å². The van der Waals surface area contributed by atoms with Crippen LogP contribution in [0.15, 0.2) is 20.6 Å². The zero-order valence-corrected chi connectivity index (χ0v) is 15.1. The first kappa shape index (κ1) is 21.6. The topological polar surface area (TPSA) is 142 Å². The molecule has 0 aromatic heterocycles. The van der Waals surface area contributed by atoms with Crippen molar-refractivity contribution in [3.63, 3.8) is 0 Å². The summed E-state index contributed by atoms with van der Waals surface area (Å²) in [5.41, 5.74) is 1.44. The summed E-state index contributed by atoms with van der Waals surface area (Å²) in [6, 6.07) is 0. The molecule has 0 bridgehead atoms. The number of nitrogens with zero attached hydrogens (tertiary/aromatic N) is 4. The minimum Gasteiger partial charge on any atom is -0.792 e. The van der Waals surface area contributed by atoms with E-state index in [2.05, 4.69) is 20.6 Å². The maximum absolute atomic E-state index is 10.2. The maximum Gasteiger partial charge on any atom is 0.0499 e. The molecule has 134 valence electrons. The molecule has 0 amide bonds. The fourth-order valence-electron chi connectivity index (χ4n) is 2.49. The van der Waals surface area contributed by atoms with Crippen LogP contribution in [-0.2, 0) is 21.1 Å². The van der Waals surface area contributed by atoms with Crippen LogP contribution in [0.4, 0.5) is 0 Å². The smallest absolute Gasteiger partial charge is 0.0499 e. The van der Waals surface area contributed by atoms with Gasteiger partial charge in [0.2, 0.25) is 0 Å². The summed E-state index contributed by atoms with van der Waals surface area (Å²) < 4.78 is 0. The van der Waals surface area contributed by atoms with Crippen LogP contribution in [0, 0.1) is 20.8 Å². The Bertz CT molecular complexity index is 382. The van der Waals surface area contributed by atoms with Gasteiger partial charge in [-0.25, -0.2) is 0 Å². The van der Waals surface area contributed by atoms with Crippen LogP contribution in [0.3, 0.4) is 0 Å². The van der Waals surface area contributed by atoms with Crippen molar-refractivity contribution in [3.05, 3.63) is 20.8 Å². The van der Waals surface area contributed by atoms with Crippen LogP contribution in [0.25, 0.3) is 0 Å². The third-order valence-electron chi connectivity index (χ3n) is 3.76. The van der Waals surface area contributed by atoms with Crippen molar-refractivity contribution in [2.24, 2.45) is 20.6 Å². The van der Waals surface area contributed by atoms with Crippen LogP contribution in [0.5, 0.6) is 0 Å². The van der Waals surface area contributed by atoms with E-state index in [1.165, 1.54) is 0 Å². The molecule has 0 aromatic carbocycles. The van der Waals surface area contributed by atoms with Crippen molar-refractivity contribution >= 4 is 22.8 Å². The SMILES string of the molecule is [O-]N=C1CCCCCC1=N[O-].[O-]N=C1CCCCCC1=N[O-].[Pt]. The van der Waals surface area contributed by atoms with Crippen LogP contribution < -0.4 is 0 Å². The van der Waals surface area contributed by atoms with E-state index >= 15 is 0 Å². The summed E-state index contributed by atoms with van der Waals surface area (Å²) in [7, 11) is 0. The molecule has 0 aliphatic heterocycles. The molecule has 2 fully saturated rings. The molecule has 2 aliphatic carbocycles. The molecule has 2 rings (SSSR count). The summed E-state index contributed by atoms with van der Waals surface area (Å²) in [5.74, 6) is 0. The molecule has 0 atom stereocenters. The molecule has 2 saturated carbocycles. The Morgan fingerprint density at radius 1 is 0.435 bits per heavy atom. The number of hydrogen-bond acceptors (Lipinski definition) is 8. The van der Waals surface area contributed by atoms with E-state index in [-0.39, 0.29) is 21.1 Å². The Labute approximate surface area is 149 Å². The first-order valence-electron chi connectivity index (χ1n) is 7.54. The largest absolute Gasteiger partial charge is 0.792 e. The number of hydrogen-bond donors (Lipinski definition) is 0. The second kappa shape index (κ2) is 13.0. The van der Waals surface area contributed by atoms with E-state index in [0.29, 0.717) is 48.5 Å².